The lowest BCUT2D eigenvalue weighted by molar-refractivity contribution is 0.0920. The summed E-state index contributed by atoms with van der Waals surface area (Å²) >= 11 is 1.69. The molecule has 0 saturated carbocycles. The zero-order chi connectivity index (χ0) is 11.3. The molecule has 86 valence electrons. The maximum Gasteiger partial charge on any atom is 0.191 e. The van der Waals surface area contributed by atoms with Gasteiger partial charge in [0.25, 0.3) is 0 Å². The van der Waals surface area contributed by atoms with Gasteiger partial charge < -0.3 is 9.30 Å². The topological polar surface area (TPSA) is 39.9 Å². The maximum absolute atomic E-state index is 5.46. The van der Waals surface area contributed by atoms with Gasteiger partial charge in [-0.1, -0.05) is 11.8 Å². The number of hydrogen-bond donors (Lipinski definition) is 0. The molecule has 0 amide bonds. The van der Waals surface area contributed by atoms with Crippen LogP contribution in [0.1, 0.15) is 33.7 Å². The number of ether oxygens (including phenoxy) is 1. The Labute approximate surface area is 95.4 Å². The van der Waals surface area contributed by atoms with Crippen LogP contribution in [0.25, 0.3) is 0 Å². The largest absolute Gasteiger partial charge is 0.378 e. The van der Waals surface area contributed by atoms with Crippen LogP contribution in [0, 0.1) is 0 Å². The Bertz CT molecular complexity index is 286. The number of thioether (sulfide) groups is 1. The molecule has 0 N–H and O–H groups in total. The lowest BCUT2D eigenvalue weighted by Gasteiger charge is -2.10. The molecule has 0 aromatic carbocycles. The van der Waals surface area contributed by atoms with Crippen molar-refractivity contribution in [1.29, 1.82) is 0 Å². The molecule has 4 nitrogen and oxygen atoms in total. The third kappa shape index (κ3) is 4.22. The van der Waals surface area contributed by atoms with Crippen molar-refractivity contribution in [2.24, 2.45) is 0 Å². The Kier molecular flexibility index (Phi) is 5.11. The first-order valence-electron chi connectivity index (χ1n) is 5.25. The summed E-state index contributed by atoms with van der Waals surface area (Å²) in [6.07, 6.45) is 2.07. The summed E-state index contributed by atoms with van der Waals surface area (Å²) in [6, 6.07) is 0.411. The molecule has 0 aliphatic carbocycles. The fourth-order valence-electron chi connectivity index (χ4n) is 1.11. The van der Waals surface area contributed by atoms with Crippen molar-refractivity contribution in [2.75, 3.05) is 12.4 Å². The zero-order valence-corrected chi connectivity index (χ0v) is 10.6. The lowest BCUT2D eigenvalue weighted by atomic mass is 10.4. The third-order valence-electron chi connectivity index (χ3n) is 1.86. The van der Waals surface area contributed by atoms with Crippen LogP contribution in [0.15, 0.2) is 11.5 Å². The summed E-state index contributed by atoms with van der Waals surface area (Å²) in [5, 5.41) is 8.95. The summed E-state index contributed by atoms with van der Waals surface area (Å²) in [6.45, 7) is 9.09. The van der Waals surface area contributed by atoms with Crippen LogP contribution in [0.4, 0.5) is 0 Å². The summed E-state index contributed by atoms with van der Waals surface area (Å²) in [4.78, 5) is 0. The second-order valence-electron chi connectivity index (χ2n) is 3.88. The lowest BCUT2D eigenvalue weighted by Crippen LogP contribution is -2.07. The maximum atomic E-state index is 5.46. The molecule has 0 radical (unpaired) electrons. The van der Waals surface area contributed by atoms with Gasteiger partial charge >= 0.3 is 0 Å². The molecule has 0 saturated heterocycles. The highest BCUT2D eigenvalue weighted by molar-refractivity contribution is 7.99. The fraction of sp³-hybridized carbons (Fsp3) is 0.800. The molecule has 0 aliphatic heterocycles. The standard InChI is InChI=1S/C10H19N3OS/c1-8(2)13-7-11-12-10(13)15-6-5-14-9(3)4/h7-9H,5-6H2,1-4H3. The van der Waals surface area contributed by atoms with E-state index in [1.807, 2.05) is 13.8 Å². The molecule has 1 rings (SSSR count). The third-order valence-corrected chi connectivity index (χ3v) is 2.78. The zero-order valence-electron chi connectivity index (χ0n) is 9.80. The van der Waals surface area contributed by atoms with Crippen molar-refractivity contribution < 1.29 is 4.74 Å². The first kappa shape index (κ1) is 12.5. The summed E-state index contributed by atoms with van der Waals surface area (Å²) in [7, 11) is 0. The molecule has 1 aromatic rings. The minimum Gasteiger partial charge on any atom is -0.378 e. The Balaban J connectivity index is 2.34. The summed E-state index contributed by atoms with van der Waals surface area (Å²) < 4.78 is 7.53. The van der Waals surface area contributed by atoms with Gasteiger partial charge in [-0.25, -0.2) is 0 Å². The van der Waals surface area contributed by atoms with Crippen LogP contribution in [-0.4, -0.2) is 33.2 Å². The number of nitrogens with zero attached hydrogens (tertiary/aromatic N) is 3. The summed E-state index contributed by atoms with van der Waals surface area (Å²) in [5.41, 5.74) is 0. The van der Waals surface area contributed by atoms with Crippen LogP contribution < -0.4 is 0 Å². The SMILES string of the molecule is CC(C)OCCSc1nncn1C(C)C. The van der Waals surface area contributed by atoms with Gasteiger partial charge in [0, 0.05) is 11.8 Å². The first-order valence-corrected chi connectivity index (χ1v) is 6.23. The number of rotatable bonds is 6. The van der Waals surface area contributed by atoms with E-state index in [1.165, 1.54) is 0 Å². The summed E-state index contributed by atoms with van der Waals surface area (Å²) in [5.74, 6) is 0.920. The van der Waals surface area contributed by atoms with E-state index in [-0.39, 0.29) is 0 Å². The van der Waals surface area contributed by atoms with Gasteiger partial charge in [0.1, 0.15) is 6.33 Å². The Morgan fingerprint density at radius 1 is 1.40 bits per heavy atom. The van der Waals surface area contributed by atoms with E-state index in [1.54, 1.807) is 18.1 Å². The molecule has 1 aromatic heterocycles. The highest BCUT2D eigenvalue weighted by Gasteiger charge is 2.07. The van der Waals surface area contributed by atoms with Crippen LogP contribution in [0.2, 0.25) is 0 Å². The molecular formula is C10H19N3OS. The van der Waals surface area contributed by atoms with Gasteiger partial charge in [0.2, 0.25) is 0 Å². The molecule has 0 unspecified atom stereocenters. The highest BCUT2D eigenvalue weighted by Crippen LogP contribution is 2.18. The van der Waals surface area contributed by atoms with Crippen molar-refractivity contribution in [3.8, 4) is 0 Å². The second kappa shape index (κ2) is 6.12. The average Bonchev–Trinajstić information content (AvgIpc) is 2.60. The first-order chi connectivity index (χ1) is 7.11. The fourth-order valence-corrected chi connectivity index (χ4v) is 1.98. The van der Waals surface area contributed by atoms with Crippen molar-refractivity contribution >= 4 is 11.8 Å². The molecule has 15 heavy (non-hydrogen) atoms. The van der Waals surface area contributed by atoms with Gasteiger partial charge in [-0.05, 0) is 27.7 Å². The van der Waals surface area contributed by atoms with Crippen molar-refractivity contribution in [1.82, 2.24) is 14.8 Å². The van der Waals surface area contributed by atoms with Crippen molar-refractivity contribution in [3.05, 3.63) is 6.33 Å². The quantitative estimate of drug-likeness (QED) is 0.554. The smallest absolute Gasteiger partial charge is 0.191 e. The molecule has 0 spiro atoms. The molecule has 1 heterocycles. The van der Waals surface area contributed by atoms with Gasteiger partial charge in [-0.15, -0.1) is 10.2 Å². The van der Waals surface area contributed by atoms with Crippen molar-refractivity contribution in [2.45, 2.75) is 45.0 Å². The Morgan fingerprint density at radius 3 is 2.73 bits per heavy atom. The molecule has 5 heteroatoms. The highest BCUT2D eigenvalue weighted by atomic mass is 32.2. The molecule has 0 aliphatic rings. The Morgan fingerprint density at radius 2 is 2.13 bits per heavy atom. The van der Waals surface area contributed by atoms with E-state index in [0.717, 1.165) is 17.5 Å². The van der Waals surface area contributed by atoms with Crippen molar-refractivity contribution in [3.63, 3.8) is 0 Å². The van der Waals surface area contributed by atoms with Gasteiger partial charge in [0.15, 0.2) is 5.16 Å². The van der Waals surface area contributed by atoms with E-state index < -0.39 is 0 Å². The molecular weight excluding hydrogens is 210 g/mol. The normalized spacial score (nSPS) is 11.6. The Hall–Kier alpha value is -0.550. The van der Waals surface area contributed by atoms with Crippen LogP contribution in [0.5, 0.6) is 0 Å². The van der Waals surface area contributed by atoms with Gasteiger partial charge in [0.05, 0.1) is 12.7 Å². The number of hydrogen-bond acceptors (Lipinski definition) is 4. The molecule has 0 bridgehead atoms. The van der Waals surface area contributed by atoms with Crippen LogP contribution in [0.3, 0.4) is 0 Å². The average molecular weight is 229 g/mol. The monoisotopic (exact) mass is 229 g/mol. The predicted octanol–water partition coefficient (Wildman–Crippen LogP) is 2.38. The van der Waals surface area contributed by atoms with Crippen LogP contribution in [-0.2, 0) is 4.74 Å². The minimum absolute atomic E-state index is 0.300. The predicted molar refractivity (Wildman–Crippen MR) is 62.2 cm³/mol. The van der Waals surface area contributed by atoms with E-state index in [2.05, 4.69) is 28.6 Å². The van der Waals surface area contributed by atoms with E-state index >= 15 is 0 Å². The molecule has 0 fully saturated rings. The van der Waals surface area contributed by atoms with Crippen LogP contribution >= 0.6 is 11.8 Å². The minimum atomic E-state index is 0.300. The van der Waals surface area contributed by atoms with E-state index in [9.17, 15) is 0 Å². The second-order valence-corrected chi connectivity index (χ2v) is 4.94. The van der Waals surface area contributed by atoms with E-state index in [0.29, 0.717) is 12.1 Å². The van der Waals surface area contributed by atoms with Gasteiger partial charge in [-0.2, -0.15) is 0 Å². The van der Waals surface area contributed by atoms with Gasteiger partial charge in [-0.3, -0.25) is 0 Å². The van der Waals surface area contributed by atoms with E-state index in [4.69, 9.17) is 4.74 Å². The number of aromatic nitrogens is 3. The molecule has 0 atom stereocenters.